The Morgan fingerprint density at radius 1 is 1.79 bits per heavy atom. The smallest absolute Gasteiger partial charge is 0.323 e. The minimum atomic E-state index is -0.613. The summed E-state index contributed by atoms with van der Waals surface area (Å²) in [5, 5.41) is 27.2. The third-order valence-corrected chi connectivity index (χ3v) is 1.41. The van der Waals surface area contributed by atoms with Crippen LogP contribution in [0.5, 0.6) is 0 Å². The normalized spacial score (nSPS) is 9.43. The molecule has 0 unspecified atom stereocenters. The van der Waals surface area contributed by atoms with Crippen LogP contribution in [-0.2, 0) is 0 Å². The fourth-order valence-electron chi connectivity index (χ4n) is 0.839. The zero-order valence-corrected chi connectivity index (χ0v) is 7.21. The summed E-state index contributed by atoms with van der Waals surface area (Å²) in [6.07, 6.45) is 2.48. The summed E-state index contributed by atoms with van der Waals surface area (Å²) >= 11 is 0. The van der Waals surface area contributed by atoms with E-state index in [9.17, 15) is 15.3 Å². The summed E-state index contributed by atoms with van der Waals surface area (Å²) in [7, 11) is 0. The van der Waals surface area contributed by atoms with Crippen LogP contribution in [0.2, 0.25) is 0 Å². The summed E-state index contributed by atoms with van der Waals surface area (Å²) in [6, 6.07) is 1.09. The number of aromatic nitrogens is 2. The van der Waals surface area contributed by atoms with E-state index in [1.54, 1.807) is 0 Å². The van der Waals surface area contributed by atoms with Gasteiger partial charge in [-0.3, -0.25) is 10.1 Å². The Hall–Kier alpha value is -2.18. The minimum Gasteiger partial charge on any atom is -0.594 e. The molecule has 7 heteroatoms. The molecule has 1 aromatic rings. The lowest BCUT2D eigenvalue weighted by molar-refractivity contribution is -0.668. The molecule has 7 nitrogen and oxygen atoms in total. The van der Waals surface area contributed by atoms with E-state index in [4.69, 9.17) is 0 Å². The predicted molar refractivity (Wildman–Crippen MR) is 48.5 cm³/mol. The van der Waals surface area contributed by atoms with Crippen molar-refractivity contribution in [3.8, 4) is 0 Å². The van der Waals surface area contributed by atoms with E-state index in [1.165, 1.54) is 6.08 Å². The molecular formula is C7H8N4O3. The summed E-state index contributed by atoms with van der Waals surface area (Å²) < 4.78 is 0. The molecule has 1 rings (SSSR count). The van der Waals surface area contributed by atoms with Gasteiger partial charge < -0.3 is 10.5 Å². The third-order valence-electron chi connectivity index (χ3n) is 1.41. The molecule has 0 aliphatic heterocycles. The number of nitro groups is 1. The number of hydrogen-bond acceptors (Lipinski definition) is 5. The van der Waals surface area contributed by atoms with Gasteiger partial charge in [-0.25, -0.2) is 0 Å². The van der Waals surface area contributed by atoms with Crippen LogP contribution >= 0.6 is 0 Å². The molecular weight excluding hydrogens is 188 g/mol. The molecule has 1 aromatic heterocycles. The van der Waals surface area contributed by atoms with Gasteiger partial charge in [0.2, 0.25) is 6.20 Å². The van der Waals surface area contributed by atoms with E-state index >= 15 is 0 Å². The first kappa shape index (κ1) is 9.90. The van der Waals surface area contributed by atoms with Gasteiger partial charge in [-0.15, -0.1) is 6.58 Å². The van der Waals surface area contributed by atoms with Crippen molar-refractivity contribution in [3.05, 3.63) is 40.2 Å². The molecule has 0 saturated carbocycles. The number of nitrogens with one attached hydrogen (secondary N) is 1. The van der Waals surface area contributed by atoms with E-state index in [2.05, 4.69) is 17.0 Å². The number of anilines is 1. The lowest BCUT2D eigenvalue weighted by Crippen LogP contribution is -2.31. The summed E-state index contributed by atoms with van der Waals surface area (Å²) in [5.74, 6) is -0.0626. The third kappa shape index (κ3) is 2.16. The van der Waals surface area contributed by atoms with Crippen molar-refractivity contribution in [2.75, 3.05) is 11.9 Å². The Labute approximate surface area is 79.4 Å². The lowest BCUT2D eigenvalue weighted by atomic mass is 10.4. The molecule has 1 N–H and O–H groups in total. The van der Waals surface area contributed by atoms with Gasteiger partial charge >= 0.3 is 5.69 Å². The Kier molecular flexibility index (Phi) is 2.95. The average molecular weight is 196 g/mol. The number of nitrogens with zero attached hydrogens (tertiary/aromatic N) is 3. The Morgan fingerprint density at radius 2 is 2.50 bits per heavy atom. The molecule has 0 aromatic carbocycles. The van der Waals surface area contributed by atoms with Crippen LogP contribution in [0.3, 0.4) is 0 Å². The highest BCUT2D eigenvalue weighted by atomic mass is 16.6. The van der Waals surface area contributed by atoms with E-state index < -0.39 is 4.92 Å². The van der Waals surface area contributed by atoms with E-state index in [-0.39, 0.29) is 16.4 Å². The van der Waals surface area contributed by atoms with Crippen LogP contribution in [0, 0.1) is 15.3 Å². The summed E-state index contributed by atoms with van der Waals surface area (Å²) in [5.41, 5.74) is -0.237. The Balaban J connectivity index is 3.02. The molecule has 74 valence electrons. The molecule has 0 radical (unpaired) electrons. The van der Waals surface area contributed by atoms with Crippen LogP contribution < -0.4 is 10.2 Å². The molecule has 1 heterocycles. The Morgan fingerprint density at radius 3 is 3.07 bits per heavy atom. The maximum absolute atomic E-state index is 10.7. The highest BCUT2D eigenvalue weighted by molar-refractivity contribution is 5.53. The molecule has 0 bridgehead atoms. The topological polar surface area (TPSA) is 95.0 Å². The van der Waals surface area contributed by atoms with E-state index in [0.717, 1.165) is 12.3 Å². The molecule has 0 saturated heterocycles. The van der Waals surface area contributed by atoms with Crippen molar-refractivity contribution in [2.24, 2.45) is 0 Å². The monoisotopic (exact) mass is 196 g/mol. The van der Waals surface area contributed by atoms with Crippen molar-refractivity contribution in [2.45, 2.75) is 0 Å². The zero-order valence-electron chi connectivity index (χ0n) is 7.21. The van der Waals surface area contributed by atoms with Crippen molar-refractivity contribution >= 4 is 11.5 Å². The largest absolute Gasteiger partial charge is 0.594 e. The van der Waals surface area contributed by atoms with Crippen molar-refractivity contribution < 1.29 is 9.77 Å². The van der Waals surface area contributed by atoms with Gasteiger partial charge in [-0.1, -0.05) is 10.9 Å². The first-order chi connectivity index (χ1) is 6.65. The lowest BCUT2D eigenvalue weighted by Gasteiger charge is -2.01. The van der Waals surface area contributed by atoms with Crippen LogP contribution in [-0.4, -0.2) is 16.6 Å². The highest BCUT2D eigenvalue weighted by Gasteiger charge is 2.17. The van der Waals surface area contributed by atoms with Crippen LogP contribution in [0.25, 0.3) is 0 Å². The fourth-order valence-corrected chi connectivity index (χ4v) is 0.839. The maximum atomic E-state index is 10.7. The first-order valence-corrected chi connectivity index (χ1v) is 3.75. The molecule has 0 aliphatic carbocycles. The zero-order chi connectivity index (χ0) is 10.6. The molecule has 0 aliphatic rings. The predicted octanol–water partition coefficient (Wildman–Crippen LogP) is 0.221. The average Bonchev–Trinajstić information content (AvgIpc) is 2.14. The van der Waals surface area contributed by atoms with Gasteiger partial charge in [0.05, 0.1) is 11.0 Å². The number of hydrogen-bond donors (Lipinski definition) is 1. The van der Waals surface area contributed by atoms with Crippen LogP contribution in [0.1, 0.15) is 0 Å². The molecule has 0 spiro atoms. The van der Waals surface area contributed by atoms with Crippen molar-refractivity contribution in [3.63, 3.8) is 0 Å². The molecule has 0 fully saturated rings. The van der Waals surface area contributed by atoms with Crippen molar-refractivity contribution in [1.82, 2.24) is 5.10 Å². The van der Waals surface area contributed by atoms with Crippen molar-refractivity contribution in [1.29, 1.82) is 0 Å². The van der Waals surface area contributed by atoms with Gasteiger partial charge in [0.1, 0.15) is 0 Å². The van der Waals surface area contributed by atoms with Gasteiger partial charge in [0, 0.05) is 11.6 Å². The first-order valence-electron chi connectivity index (χ1n) is 3.75. The standard InChI is InChI=1S/C7H8N4O3/c1-2-4-8-7-6(11(13)14)3-5-10(12)9-7/h2-3,5H,1,4H2,(H,8,9). The number of rotatable bonds is 4. The fraction of sp³-hybridized carbons (Fsp3) is 0.143. The van der Waals surface area contributed by atoms with Gasteiger partial charge in [0.15, 0.2) is 0 Å². The maximum Gasteiger partial charge on any atom is 0.323 e. The van der Waals surface area contributed by atoms with E-state index in [1.807, 2.05) is 0 Å². The molecule has 14 heavy (non-hydrogen) atoms. The minimum absolute atomic E-state index is 0.0626. The van der Waals surface area contributed by atoms with Gasteiger partial charge in [0.25, 0.3) is 5.82 Å². The highest BCUT2D eigenvalue weighted by Crippen LogP contribution is 2.18. The van der Waals surface area contributed by atoms with Crippen LogP contribution in [0.4, 0.5) is 11.5 Å². The molecule has 0 atom stereocenters. The van der Waals surface area contributed by atoms with Crippen LogP contribution in [0.15, 0.2) is 24.9 Å². The van der Waals surface area contributed by atoms with E-state index in [0.29, 0.717) is 6.54 Å². The summed E-state index contributed by atoms with van der Waals surface area (Å²) in [4.78, 5) is 10.1. The SMILES string of the molecule is C=CCNc1n[n+]([O-])ccc1[N+](=O)[O-]. The van der Waals surface area contributed by atoms with Gasteiger partial charge in [-0.2, -0.15) is 0 Å². The molecule has 0 amide bonds. The van der Waals surface area contributed by atoms with Gasteiger partial charge in [-0.05, 0) is 0 Å². The summed E-state index contributed by atoms with van der Waals surface area (Å²) in [6.45, 7) is 3.73. The second-order valence-electron chi connectivity index (χ2n) is 2.38. The Bertz CT molecular complexity index is 366. The quantitative estimate of drug-likeness (QED) is 0.244. The second-order valence-corrected chi connectivity index (χ2v) is 2.38. The second kappa shape index (κ2) is 4.17.